The monoisotopic (exact) mass is 387 g/mol. The fourth-order valence-electron chi connectivity index (χ4n) is 4.26. The lowest BCUT2D eigenvalue weighted by Crippen LogP contribution is -2.23. The number of nitrogens with zero attached hydrogens (tertiary/aromatic N) is 3. The summed E-state index contributed by atoms with van der Waals surface area (Å²) in [6.45, 7) is 10.2. The van der Waals surface area contributed by atoms with E-state index in [2.05, 4.69) is 35.4 Å². The van der Waals surface area contributed by atoms with Gasteiger partial charge in [-0.25, -0.2) is 4.98 Å². The van der Waals surface area contributed by atoms with Crippen molar-refractivity contribution in [3.8, 4) is 11.4 Å². The van der Waals surface area contributed by atoms with Crippen LogP contribution in [0.25, 0.3) is 33.2 Å². The molecule has 0 fully saturated rings. The summed E-state index contributed by atoms with van der Waals surface area (Å²) in [5.74, 6) is -0.228. The van der Waals surface area contributed by atoms with Gasteiger partial charge in [-0.15, -0.1) is 0 Å². The van der Waals surface area contributed by atoms with Crippen LogP contribution in [0, 0.1) is 0 Å². The summed E-state index contributed by atoms with van der Waals surface area (Å²) < 4.78 is 2.06. The highest BCUT2D eigenvalue weighted by Crippen LogP contribution is 2.34. The van der Waals surface area contributed by atoms with Gasteiger partial charge in [0.05, 0.1) is 28.0 Å². The zero-order chi connectivity index (χ0) is 20.7. The minimum absolute atomic E-state index is 0.219. The van der Waals surface area contributed by atoms with Gasteiger partial charge in [0.1, 0.15) is 0 Å². The maximum atomic E-state index is 13.2. The molecule has 29 heavy (non-hydrogen) atoms. The Morgan fingerprint density at radius 2 is 1.72 bits per heavy atom. The Labute approximate surface area is 169 Å². The first-order valence-electron chi connectivity index (χ1n) is 10.2. The van der Waals surface area contributed by atoms with Gasteiger partial charge in [0.15, 0.2) is 11.2 Å². The fourth-order valence-corrected chi connectivity index (χ4v) is 4.26. The third kappa shape index (κ3) is 2.89. The average Bonchev–Trinajstić information content (AvgIpc) is 2.73. The number of aromatic nitrogens is 2. The Bertz CT molecular complexity index is 1270. The van der Waals surface area contributed by atoms with E-state index in [1.165, 1.54) is 6.92 Å². The molecule has 0 spiro atoms. The number of hydrogen-bond acceptors (Lipinski definition) is 4. The number of benzene rings is 3. The summed E-state index contributed by atoms with van der Waals surface area (Å²) in [6, 6.07) is 13.6. The Hall–Kier alpha value is -3.21. The topological polar surface area (TPSA) is 55.2 Å². The van der Waals surface area contributed by atoms with Gasteiger partial charge in [0.25, 0.3) is 0 Å². The molecule has 1 aliphatic carbocycles. The molecule has 0 atom stereocenters. The highest BCUT2D eigenvalue weighted by Gasteiger charge is 2.25. The Morgan fingerprint density at radius 1 is 1.03 bits per heavy atom. The van der Waals surface area contributed by atoms with E-state index < -0.39 is 0 Å². The molecule has 2 aromatic rings. The average molecular weight is 387 g/mol. The number of hydrogen-bond donors (Lipinski definition) is 0. The van der Waals surface area contributed by atoms with E-state index in [0.29, 0.717) is 23.3 Å². The lowest BCUT2D eigenvalue weighted by Gasteiger charge is -2.24. The van der Waals surface area contributed by atoms with Gasteiger partial charge in [0.2, 0.25) is 0 Å². The number of carbonyl (C=O) groups is 1. The molecule has 2 aromatic carbocycles. The van der Waals surface area contributed by atoms with Crippen molar-refractivity contribution in [3.05, 3.63) is 58.3 Å². The van der Waals surface area contributed by atoms with E-state index in [1.807, 2.05) is 31.2 Å². The van der Waals surface area contributed by atoms with E-state index in [9.17, 15) is 9.59 Å². The standard InChI is InChI=1S/C24H25N3O2/c1-5-26(6-2)16-12-13-19-20(14-16)27(7-3)23-21(15(4)28)24(29)18-11-9-8-10-17(18)22(23)25-19/h8-14H,5-7H2,1-4H3. The largest absolute Gasteiger partial charge is 0.372 e. The molecule has 5 heteroatoms. The van der Waals surface area contributed by atoms with E-state index >= 15 is 0 Å². The number of ketones is 1. The van der Waals surface area contributed by atoms with Crippen LogP contribution < -0.4 is 10.3 Å². The molecule has 4 rings (SSSR count). The first-order chi connectivity index (χ1) is 14.0. The van der Waals surface area contributed by atoms with Crippen molar-refractivity contribution in [3.63, 3.8) is 0 Å². The quantitative estimate of drug-likeness (QED) is 0.282. The van der Waals surface area contributed by atoms with Gasteiger partial charge in [-0.2, -0.15) is 0 Å². The van der Waals surface area contributed by atoms with Crippen LogP contribution in [0.2, 0.25) is 0 Å². The maximum Gasteiger partial charge on any atom is 0.199 e. The van der Waals surface area contributed by atoms with Gasteiger partial charge in [-0.1, -0.05) is 24.3 Å². The molecule has 0 aromatic heterocycles. The smallest absolute Gasteiger partial charge is 0.199 e. The molecule has 0 N–H and O–H groups in total. The molecule has 0 amide bonds. The number of carbonyl (C=O) groups excluding carboxylic acids is 1. The third-order valence-electron chi connectivity index (χ3n) is 5.66. The van der Waals surface area contributed by atoms with Crippen molar-refractivity contribution in [2.45, 2.75) is 34.2 Å². The Kier molecular flexibility index (Phi) is 4.82. The molecule has 0 saturated heterocycles. The molecule has 148 valence electrons. The summed E-state index contributed by atoms with van der Waals surface area (Å²) in [5.41, 5.74) is 4.24. The van der Waals surface area contributed by atoms with Crippen molar-refractivity contribution < 1.29 is 4.79 Å². The first kappa shape index (κ1) is 19.1. The van der Waals surface area contributed by atoms with Crippen LogP contribution in [0.5, 0.6) is 0 Å². The second-order valence-corrected chi connectivity index (χ2v) is 7.20. The summed E-state index contributed by atoms with van der Waals surface area (Å²) in [4.78, 5) is 32.9. The van der Waals surface area contributed by atoms with Crippen LogP contribution in [0.15, 0.2) is 47.3 Å². The molecular weight excluding hydrogens is 362 g/mol. The Balaban J connectivity index is 2.23. The Morgan fingerprint density at radius 3 is 2.34 bits per heavy atom. The van der Waals surface area contributed by atoms with Crippen molar-refractivity contribution in [1.29, 1.82) is 0 Å². The second-order valence-electron chi connectivity index (χ2n) is 7.20. The molecule has 0 radical (unpaired) electrons. The molecule has 2 aliphatic rings. The summed E-state index contributed by atoms with van der Waals surface area (Å²) in [7, 11) is 0. The predicted octanol–water partition coefficient (Wildman–Crippen LogP) is 4.72. The lowest BCUT2D eigenvalue weighted by molar-refractivity contribution is 0.101. The second kappa shape index (κ2) is 7.32. The van der Waals surface area contributed by atoms with E-state index in [1.54, 1.807) is 6.07 Å². The van der Waals surface area contributed by atoms with Crippen molar-refractivity contribution in [1.82, 2.24) is 9.55 Å². The van der Waals surface area contributed by atoms with Crippen molar-refractivity contribution in [2.24, 2.45) is 0 Å². The highest BCUT2D eigenvalue weighted by molar-refractivity contribution is 6.09. The van der Waals surface area contributed by atoms with Crippen molar-refractivity contribution in [2.75, 3.05) is 18.0 Å². The lowest BCUT2D eigenvalue weighted by atomic mass is 9.95. The van der Waals surface area contributed by atoms with E-state index in [0.717, 1.165) is 35.2 Å². The molecule has 5 nitrogen and oxygen atoms in total. The number of aryl methyl sites for hydroxylation is 1. The van der Waals surface area contributed by atoms with Gasteiger partial charge in [-0.3, -0.25) is 9.59 Å². The van der Waals surface area contributed by atoms with Gasteiger partial charge in [-0.05, 0) is 45.9 Å². The van der Waals surface area contributed by atoms with Gasteiger partial charge in [0, 0.05) is 36.1 Å². The SMILES string of the molecule is CCN(CC)c1ccc2nc3c4ccccc4c(=O)c(C(C)=O)c-3n(CC)c2c1. The molecule has 1 aliphatic heterocycles. The highest BCUT2D eigenvalue weighted by atomic mass is 16.1. The molecule has 0 bridgehead atoms. The van der Waals surface area contributed by atoms with Gasteiger partial charge >= 0.3 is 0 Å². The van der Waals surface area contributed by atoms with Crippen LogP contribution in [0.1, 0.15) is 38.1 Å². The zero-order valence-electron chi connectivity index (χ0n) is 17.3. The predicted molar refractivity (Wildman–Crippen MR) is 119 cm³/mol. The van der Waals surface area contributed by atoms with Crippen LogP contribution >= 0.6 is 0 Å². The third-order valence-corrected chi connectivity index (χ3v) is 5.66. The van der Waals surface area contributed by atoms with Crippen LogP contribution in [-0.4, -0.2) is 28.4 Å². The zero-order valence-corrected chi connectivity index (χ0v) is 17.3. The molecule has 0 saturated carbocycles. The van der Waals surface area contributed by atoms with E-state index in [4.69, 9.17) is 4.98 Å². The van der Waals surface area contributed by atoms with Crippen LogP contribution in [0.3, 0.4) is 0 Å². The van der Waals surface area contributed by atoms with Crippen molar-refractivity contribution >= 4 is 33.3 Å². The van der Waals surface area contributed by atoms with Crippen LogP contribution in [0.4, 0.5) is 5.69 Å². The number of Topliss-reactive ketones (excluding diaryl/α,β-unsaturated/α-hetero) is 1. The molecular formula is C24H25N3O2. The molecule has 0 unspecified atom stereocenters. The van der Waals surface area contributed by atoms with E-state index in [-0.39, 0.29) is 16.8 Å². The van der Waals surface area contributed by atoms with Gasteiger partial charge < -0.3 is 9.47 Å². The minimum atomic E-state index is -0.228. The fraction of sp³-hybridized carbons (Fsp3) is 0.292. The first-order valence-corrected chi connectivity index (χ1v) is 10.2. The number of rotatable bonds is 5. The molecule has 1 heterocycles. The number of anilines is 1. The normalized spacial score (nSPS) is 11.4. The summed E-state index contributed by atoms with van der Waals surface area (Å²) in [5, 5.41) is 1.33. The summed E-state index contributed by atoms with van der Waals surface area (Å²) >= 11 is 0. The number of fused-ring (bicyclic) bond motifs is 4. The minimum Gasteiger partial charge on any atom is -0.372 e. The summed E-state index contributed by atoms with van der Waals surface area (Å²) in [6.07, 6.45) is 0. The van der Waals surface area contributed by atoms with Crippen LogP contribution in [-0.2, 0) is 6.54 Å². The maximum absolute atomic E-state index is 13.2.